The molecule has 1 unspecified atom stereocenters. The SMILES string of the molecule is CCCNC(C1CCC(CC)CC1)C(CC)(CC)OC. The fraction of sp³-hybridized carbons (Fsp3) is 1.00. The standard InChI is InChI=1S/C18H37NO/c1-6-14-19-17(18(8-3,9-4)20-5)16-12-10-15(7-2)11-13-16/h15-17,19H,6-14H2,1-5H3. The lowest BCUT2D eigenvalue weighted by atomic mass is 9.71. The lowest BCUT2D eigenvalue weighted by Gasteiger charge is -2.45. The van der Waals surface area contributed by atoms with E-state index in [2.05, 4.69) is 33.0 Å². The Hall–Kier alpha value is -0.0800. The van der Waals surface area contributed by atoms with Crippen LogP contribution >= 0.6 is 0 Å². The molecular weight excluding hydrogens is 246 g/mol. The Kier molecular flexibility index (Phi) is 8.13. The molecule has 1 aliphatic rings. The van der Waals surface area contributed by atoms with Gasteiger partial charge in [0.2, 0.25) is 0 Å². The van der Waals surface area contributed by atoms with Crippen LogP contribution in [0, 0.1) is 11.8 Å². The average molecular weight is 283 g/mol. The van der Waals surface area contributed by atoms with Gasteiger partial charge in [-0.25, -0.2) is 0 Å². The van der Waals surface area contributed by atoms with E-state index in [9.17, 15) is 0 Å². The van der Waals surface area contributed by atoms with Crippen molar-refractivity contribution in [3.05, 3.63) is 0 Å². The fourth-order valence-electron chi connectivity index (χ4n) is 4.12. The Balaban J connectivity index is 2.77. The largest absolute Gasteiger partial charge is 0.377 e. The molecule has 2 heteroatoms. The van der Waals surface area contributed by atoms with E-state index in [1.807, 2.05) is 7.11 Å². The smallest absolute Gasteiger partial charge is 0.0828 e. The second-order valence-corrected chi connectivity index (χ2v) is 6.60. The molecule has 0 aromatic rings. The Labute approximate surface area is 127 Å². The third-order valence-corrected chi connectivity index (χ3v) is 5.72. The molecule has 20 heavy (non-hydrogen) atoms. The molecule has 0 radical (unpaired) electrons. The maximum absolute atomic E-state index is 6.04. The van der Waals surface area contributed by atoms with Gasteiger partial charge >= 0.3 is 0 Å². The van der Waals surface area contributed by atoms with E-state index in [-0.39, 0.29) is 5.60 Å². The molecule has 2 nitrogen and oxygen atoms in total. The summed E-state index contributed by atoms with van der Waals surface area (Å²) in [6.07, 6.45) is 10.4. The Morgan fingerprint density at radius 1 is 1.05 bits per heavy atom. The zero-order valence-electron chi connectivity index (χ0n) is 14.5. The molecular formula is C18H37NO. The van der Waals surface area contributed by atoms with Crippen molar-refractivity contribution >= 4 is 0 Å². The van der Waals surface area contributed by atoms with Gasteiger partial charge in [-0.1, -0.05) is 47.0 Å². The van der Waals surface area contributed by atoms with Crippen molar-refractivity contribution in [1.82, 2.24) is 5.32 Å². The summed E-state index contributed by atoms with van der Waals surface area (Å²) in [5.41, 5.74) is 0.0267. The summed E-state index contributed by atoms with van der Waals surface area (Å²) in [4.78, 5) is 0. The van der Waals surface area contributed by atoms with Gasteiger partial charge in [0, 0.05) is 13.2 Å². The number of rotatable bonds is 9. The topological polar surface area (TPSA) is 21.3 Å². The molecule has 1 atom stereocenters. The normalized spacial score (nSPS) is 25.6. The van der Waals surface area contributed by atoms with Crippen molar-refractivity contribution in [2.24, 2.45) is 11.8 Å². The molecule has 1 fully saturated rings. The van der Waals surface area contributed by atoms with E-state index in [0.29, 0.717) is 6.04 Å². The van der Waals surface area contributed by atoms with E-state index in [1.54, 1.807) is 0 Å². The highest BCUT2D eigenvalue weighted by atomic mass is 16.5. The van der Waals surface area contributed by atoms with Gasteiger partial charge in [-0.15, -0.1) is 0 Å². The first-order chi connectivity index (χ1) is 9.67. The summed E-state index contributed by atoms with van der Waals surface area (Å²) in [5.74, 6) is 1.77. The van der Waals surface area contributed by atoms with E-state index in [4.69, 9.17) is 4.74 Å². The van der Waals surface area contributed by atoms with Crippen molar-refractivity contribution in [3.8, 4) is 0 Å². The van der Waals surface area contributed by atoms with E-state index in [0.717, 1.165) is 31.2 Å². The summed E-state index contributed by atoms with van der Waals surface area (Å²) in [5, 5.41) is 3.84. The van der Waals surface area contributed by atoms with Crippen molar-refractivity contribution < 1.29 is 4.74 Å². The van der Waals surface area contributed by atoms with Crippen molar-refractivity contribution in [2.75, 3.05) is 13.7 Å². The molecule has 120 valence electrons. The zero-order valence-corrected chi connectivity index (χ0v) is 14.5. The summed E-state index contributed by atoms with van der Waals surface area (Å²) >= 11 is 0. The van der Waals surface area contributed by atoms with Crippen LogP contribution in [0.25, 0.3) is 0 Å². The van der Waals surface area contributed by atoms with Crippen LogP contribution in [0.5, 0.6) is 0 Å². The van der Waals surface area contributed by atoms with Crippen LogP contribution in [0.4, 0.5) is 0 Å². The first-order valence-corrected chi connectivity index (χ1v) is 8.95. The molecule has 0 spiro atoms. The molecule has 0 aliphatic heterocycles. The van der Waals surface area contributed by atoms with Crippen LogP contribution in [0.2, 0.25) is 0 Å². The van der Waals surface area contributed by atoms with Crippen molar-refractivity contribution in [3.63, 3.8) is 0 Å². The fourth-order valence-corrected chi connectivity index (χ4v) is 4.12. The number of hydrogen-bond donors (Lipinski definition) is 1. The Bertz CT molecular complexity index is 234. The van der Waals surface area contributed by atoms with Gasteiger partial charge in [-0.2, -0.15) is 0 Å². The number of methoxy groups -OCH3 is 1. The van der Waals surface area contributed by atoms with Crippen molar-refractivity contribution in [1.29, 1.82) is 0 Å². The first-order valence-electron chi connectivity index (χ1n) is 8.95. The summed E-state index contributed by atoms with van der Waals surface area (Å²) < 4.78 is 6.04. The third-order valence-electron chi connectivity index (χ3n) is 5.72. The predicted molar refractivity (Wildman–Crippen MR) is 88.1 cm³/mol. The molecule has 0 heterocycles. The Morgan fingerprint density at radius 3 is 2.05 bits per heavy atom. The van der Waals surface area contributed by atoms with Gasteiger partial charge in [-0.05, 0) is 50.5 Å². The van der Waals surface area contributed by atoms with E-state index >= 15 is 0 Å². The molecule has 0 aromatic heterocycles. The van der Waals surface area contributed by atoms with Crippen LogP contribution in [-0.4, -0.2) is 25.3 Å². The maximum atomic E-state index is 6.04. The quantitative estimate of drug-likeness (QED) is 0.658. The van der Waals surface area contributed by atoms with Gasteiger partial charge in [0.25, 0.3) is 0 Å². The average Bonchev–Trinajstić information content (AvgIpc) is 2.52. The molecule has 1 N–H and O–H groups in total. The van der Waals surface area contributed by atoms with Crippen LogP contribution in [0.3, 0.4) is 0 Å². The number of hydrogen-bond acceptors (Lipinski definition) is 2. The van der Waals surface area contributed by atoms with Gasteiger partial charge in [0.1, 0.15) is 0 Å². The highest BCUT2D eigenvalue weighted by Gasteiger charge is 2.41. The van der Waals surface area contributed by atoms with Gasteiger partial charge in [0.05, 0.1) is 5.60 Å². The summed E-state index contributed by atoms with van der Waals surface area (Å²) in [7, 11) is 1.91. The lowest BCUT2D eigenvalue weighted by Crippen LogP contribution is -2.56. The van der Waals surface area contributed by atoms with E-state index < -0.39 is 0 Å². The minimum absolute atomic E-state index is 0.0267. The van der Waals surface area contributed by atoms with Crippen LogP contribution in [0.1, 0.15) is 79.1 Å². The third kappa shape index (κ3) is 4.21. The van der Waals surface area contributed by atoms with Crippen molar-refractivity contribution in [2.45, 2.75) is 90.7 Å². The van der Waals surface area contributed by atoms with Crippen LogP contribution < -0.4 is 5.32 Å². The Morgan fingerprint density at radius 2 is 1.65 bits per heavy atom. The van der Waals surface area contributed by atoms with Gasteiger partial charge in [-0.3, -0.25) is 0 Å². The molecule has 1 saturated carbocycles. The minimum Gasteiger partial charge on any atom is -0.377 e. The monoisotopic (exact) mass is 283 g/mol. The first kappa shape index (κ1) is 18.0. The second kappa shape index (κ2) is 9.04. The highest BCUT2D eigenvalue weighted by Crippen LogP contribution is 2.38. The maximum Gasteiger partial charge on any atom is 0.0828 e. The molecule has 0 amide bonds. The summed E-state index contributed by atoms with van der Waals surface area (Å²) in [6, 6.07) is 0.528. The molecule has 0 saturated heterocycles. The van der Waals surface area contributed by atoms with Crippen LogP contribution in [0.15, 0.2) is 0 Å². The van der Waals surface area contributed by atoms with Gasteiger partial charge < -0.3 is 10.1 Å². The predicted octanol–water partition coefficient (Wildman–Crippen LogP) is 4.78. The zero-order chi connectivity index (χ0) is 15.0. The summed E-state index contributed by atoms with van der Waals surface area (Å²) in [6.45, 7) is 10.3. The molecule has 1 rings (SSSR count). The number of nitrogens with one attached hydrogen (secondary N) is 1. The molecule has 0 bridgehead atoms. The number of ether oxygens (including phenoxy) is 1. The second-order valence-electron chi connectivity index (χ2n) is 6.60. The van der Waals surface area contributed by atoms with Crippen LogP contribution in [-0.2, 0) is 4.74 Å². The lowest BCUT2D eigenvalue weighted by molar-refractivity contribution is -0.0685. The van der Waals surface area contributed by atoms with E-state index in [1.165, 1.54) is 38.5 Å². The minimum atomic E-state index is 0.0267. The van der Waals surface area contributed by atoms with Gasteiger partial charge in [0.15, 0.2) is 0 Å². The molecule has 0 aromatic carbocycles. The molecule has 1 aliphatic carbocycles. The highest BCUT2D eigenvalue weighted by molar-refractivity contribution is 4.96.